The number of aliphatic hydroxyl groups excluding tert-OH is 1. The Morgan fingerprint density at radius 1 is 1.13 bits per heavy atom. The Morgan fingerprint density at radius 2 is 1.76 bits per heavy atom. The first-order valence-electron chi connectivity index (χ1n) is 13.2. The molecule has 10 heteroatoms. The number of halogens is 3. The van der Waals surface area contributed by atoms with Crippen LogP contribution in [0.15, 0.2) is 23.8 Å². The largest absolute Gasteiger partial charge is 0.457 e. The van der Waals surface area contributed by atoms with Crippen LogP contribution < -0.4 is 0 Å². The van der Waals surface area contributed by atoms with Crippen LogP contribution in [0.3, 0.4) is 0 Å². The van der Waals surface area contributed by atoms with E-state index in [4.69, 9.17) is 9.47 Å². The highest BCUT2D eigenvalue weighted by molar-refractivity contribution is 6.01. The number of allylic oxidation sites excluding steroid dienone is 4. The monoisotopic (exact) mass is 540 g/mol. The first-order chi connectivity index (χ1) is 17.6. The van der Waals surface area contributed by atoms with Gasteiger partial charge in [0.15, 0.2) is 29.8 Å². The zero-order valence-electron chi connectivity index (χ0n) is 22.3. The number of fused-ring (bicyclic) bond motifs is 5. The number of hydrogen-bond acceptors (Lipinski definition) is 7. The van der Waals surface area contributed by atoms with Crippen molar-refractivity contribution < 1.29 is 46.9 Å². The fourth-order valence-electron chi connectivity index (χ4n) is 7.94. The predicted octanol–water partition coefficient (Wildman–Crippen LogP) is 3.71. The maximum Gasteiger partial charge on any atom is 0.306 e. The van der Waals surface area contributed by atoms with Crippen molar-refractivity contribution in [3.63, 3.8) is 0 Å². The fourth-order valence-corrected chi connectivity index (χ4v) is 7.94. The standard InChI is InChI=1S/C28H35F3O7/c1-6-20(35)37-13-19(34)28(38-21(36)7-2)14(3)10-16-22-24(30)23(29)17-11-15(32)8-9-25(17,4)27(22,31)18(33)12-26(16,28)5/h8-9,11,14,16,18,22-24,33H,6-7,10,12-13H2,1-5H3/t14-,16-,18-,22+,23-,24-,25-,26-,27+,28+/m0/s1. The third-order valence-corrected chi connectivity index (χ3v) is 9.81. The normalized spacial score (nSPS) is 45.4. The van der Waals surface area contributed by atoms with Crippen LogP contribution in [0.2, 0.25) is 0 Å². The molecular weight excluding hydrogens is 505 g/mol. The number of carbonyl (C=O) groups excluding carboxylic acids is 4. The van der Waals surface area contributed by atoms with Gasteiger partial charge in [-0.15, -0.1) is 0 Å². The van der Waals surface area contributed by atoms with Crippen molar-refractivity contribution >= 4 is 23.5 Å². The minimum atomic E-state index is -2.72. The molecule has 3 saturated carbocycles. The number of carbonyl (C=O) groups is 4. The Balaban J connectivity index is 1.87. The Kier molecular flexibility index (Phi) is 6.99. The van der Waals surface area contributed by atoms with Crippen LogP contribution in [-0.4, -0.2) is 64.9 Å². The highest BCUT2D eigenvalue weighted by Gasteiger charge is 2.80. The third-order valence-electron chi connectivity index (χ3n) is 9.81. The van der Waals surface area contributed by atoms with Gasteiger partial charge in [0.1, 0.15) is 6.17 Å². The summed E-state index contributed by atoms with van der Waals surface area (Å²) >= 11 is 0. The summed E-state index contributed by atoms with van der Waals surface area (Å²) in [5.74, 6) is -6.28. The molecule has 0 bridgehead atoms. The molecule has 0 saturated heterocycles. The number of alkyl halides is 3. The van der Waals surface area contributed by atoms with E-state index in [1.807, 2.05) is 0 Å². The molecule has 1 N–H and O–H groups in total. The first-order valence-corrected chi connectivity index (χ1v) is 13.2. The second-order valence-electron chi connectivity index (χ2n) is 11.6. The Morgan fingerprint density at radius 3 is 2.37 bits per heavy atom. The van der Waals surface area contributed by atoms with Crippen molar-refractivity contribution in [1.82, 2.24) is 0 Å². The lowest BCUT2D eigenvalue weighted by atomic mass is 9.44. The summed E-state index contributed by atoms with van der Waals surface area (Å²) < 4.78 is 60.0. The van der Waals surface area contributed by atoms with Gasteiger partial charge >= 0.3 is 11.9 Å². The van der Waals surface area contributed by atoms with Crippen molar-refractivity contribution in [2.24, 2.45) is 28.6 Å². The molecule has 0 spiro atoms. The Labute approximate surface area is 219 Å². The predicted molar refractivity (Wildman–Crippen MR) is 129 cm³/mol. The molecule has 0 aliphatic heterocycles. The van der Waals surface area contributed by atoms with Crippen LogP contribution in [-0.2, 0) is 28.7 Å². The number of rotatable bonds is 6. The van der Waals surface area contributed by atoms with Gasteiger partial charge in [-0.1, -0.05) is 33.8 Å². The summed E-state index contributed by atoms with van der Waals surface area (Å²) in [6.45, 7) is 6.82. The van der Waals surface area contributed by atoms with Gasteiger partial charge < -0.3 is 14.6 Å². The zero-order valence-corrected chi connectivity index (χ0v) is 22.3. The molecule has 0 aromatic rings. The molecule has 0 aromatic heterocycles. The van der Waals surface area contributed by atoms with Gasteiger partial charge in [0.2, 0.25) is 5.78 Å². The molecule has 0 heterocycles. The molecule has 0 amide bonds. The van der Waals surface area contributed by atoms with Crippen LogP contribution in [0.1, 0.15) is 60.3 Å². The molecule has 0 radical (unpaired) electrons. The summed E-state index contributed by atoms with van der Waals surface area (Å²) in [6, 6.07) is 0. The quantitative estimate of drug-likeness (QED) is 0.512. The van der Waals surface area contributed by atoms with Crippen molar-refractivity contribution in [3.8, 4) is 0 Å². The van der Waals surface area contributed by atoms with Crippen LogP contribution in [0, 0.1) is 28.6 Å². The lowest BCUT2D eigenvalue weighted by molar-refractivity contribution is -0.243. The molecular formula is C28H35F3O7. The number of ether oxygens (including phenoxy) is 2. The highest BCUT2D eigenvalue weighted by Crippen LogP contribution is 2.72. The number of Topliss-reactive ketones (excluding diaryl/α,β-unsaturated/α-hetero) is 1. The van der Waals surface area contributed by atoms with Gasteiger partial charge in [0.25, 0.3) is 0 Å². The van der Waals surface area contributed by atoms with E-state index in [1.54, 1.807) is 13.8 Å². The minimum Gasteiger partial charge on any atom is -0.457 e. The number of aliphatic hydroxyl groups is 1. The molecule has 38 heavy (non-hydrogen) atoms. The summed E-state index contributed by atoms with van der Waals surface area (Å²) in [4.78, 5) is 50.2. The second-order valence-corrected chi connectivity index (χ2v) is 11.6. The molecule has 4 rings (SSSR count). The SMILES string of the molecule is CCC(=O)OCC(=O)[C@]1(OC(=O)CC)[C@@H](C)C[C@H]2[C@@H]3[C@H](F)[C@@H](F)C4=CC(=O)C=C[C@]4(C)[C@@]3(F)[C@@H](O)C[C@@]21C. The molecule has 0 unspecified atom stereocenters. The van der Waals surface area contributed by atoms with E-state index in [0.717, 1.165) is 12.2 Å². The molecule has 3 fully saturated rings. The maximum absolute atomic E-state index is 17.4. The van der Waals surface area contributed by atoms with E-state index < -0.39 is 94.8 Å². The molecule has 4 aliphatic rings. The second kappa shape index (κ2) is 9.31. The Hall–Kier alpha value is -2.49. The topological polar surface area (TPSA) is 107 Å². The molecule has 210 valence electrons. The molecule has 10 atom stereocenters. The molecule has 4 aliphatic carbocycles. The van der Waals surface area contributed by atoms with Gasteiger partial charge in [-0.25, -0.2) is 13.2 Å². The summed E-state index contributed by atoms with van der Waals surface area (Å²) in [7, 11) is 0. The van der Waals surface area contributed by atoms with E-state index >= 15 is 13.2 Å². The maximum atomic E-state index is 17.4. The average Bonchev–Trinajstić information content (AvgIpc) is 3.08. The van der Waals surface area contributed by atoms with Crippen molar-refractivity contribution in [3.05, 3.63) is 23.8 Å². The van der Waals surface area contributed by atoms with Crippen molar-refractivity contribution in [2.45, 2.75) is 90.0 Å². The van der Waals surface area contributed by atoms with Crippen LogP contribution in [0.5, 0.6) is 0 Å². The summed E-state index contributed by atoms with van der Waals surface area (Å²) in [5.41, 5.74) is -8.38. The van der Waals surface area contributed by atoms with Gasteiger partial charge in [-0.2, -0.15) is 0 Å². The van der Waals surface area contributed by atoms with E-state index in [1.165, 1.54) is 26.8 Å². The smallest absolute Gasteiger partial charge is 0.306 e. The van der Waals surface area contributed by atoms with Crippen molar-refractivity contribution in [1.29, 1.82) is 0 Å². The Bertz CT molecular complexity index is 1120. The first kappa shape index (κ1) is 28.5. The van der Waals surface area contributed by atoms with Gasteiger partial charge in [0.05, 0.1) is 6.10 Å². The van der Waals surface area contributed by atoms with Gasteiger partial charge in [-0.05, 0) is 43.4 Å². The highest BCUT2D eigenvalue weighted by atomic mass is 19.2. The van der Waals surface area contributed by atoms with Crippen molar-refractivity contribution in [2.75, 3.05) is 6.61 Å². The molecule has 7 nitrogen and oxygen atoms in total. The van der Waals surface area contributed by atoms with Crippen LogP contribution >= 0.6 is 0 Å². The van der Waals surface area contributed by atoms with E-state index in [0.29, 0.717) is 0 Å². The van der Waals surface area contributed by atoms with Crippen LogP contribution in [0.4, 0.5) is 13.2 Å². The van der Waals surface area contributed by atoms with Gasteiger partial charge in [-0.3, -0.25) is 19.2 Å². The summed E-state index contributed by atoms with van der Waals surface area (Å²) in [6.07, 6.45) is -3.99. The van der Waals surface area contributed by atoms with E-state index in [-0.39, 0.29) is 24.8 Å². The average molecular weight is 541 g/mol. The zero-order chi connectivity index (χ0) is 28.4. The third kappa shape index (κ3) is 3.51. The van der Waals surface area contributed by atoms with Crippen LogP contribution in [0.25, 0.3) is 0 Å². The number of ketones is 2. The minimum absolute atomic E-state index is 0.00150. The van der Waals surface area contributed by atoms with E-state index in [2.05, 4.69) is 0 Å². The van der Waals surface area contributed by atoms with E-state index in [9.17, 15) is 24.3 Å². The summed E-state index contributed by atoms with van der Waals surface area (Å²) in [5, 5.41) is 11.5. The van der Waals surface area contributed by atoms with Gasteiger partial charge in [0, 0.05) is 35.5 Å². The number of hydrogen-bond donors (Lipinski definition) is 1. The lowest BCUT2D eigenvalue weighted by Crippen LogP contribution is -2.73. The number of esters is 2. The fraction of sp³-hybridized carbons (Fsp3) is 0.714. The molecule has 0 aromatic carbocycles. The lowest BCUT2D eigenvalue weighted by Gasteiger charge is -2.63.